The van der Waals surface area contributed by atoms with Gasteiger partial charge in [-0.2, -0.15) is 36.0 Å². The fraction of sp³-hybridized carbons (Fsp3) is 0.450. The van der Waals surface area contributed by atoms with Gasteiger partial charge in [-0.1, -0.05) is 5.21 Å². The van der Waals surface area contributed by atoms with Crippen LogP contribution in [0.4, 0.5) is 32.3 Å². The second-order valence-electron chi connectivity index (χ2n) is 8.30. The van der Waals surface area contributed by atoms with Crippen molar-refractivity contribution in [3.8, 4) is 11.4 Å². The Kier molecular flexibility index (Phi) is 6.40. The van der Waals surface area contributed by atoms with E-state index in [4.69, 9.17) is 5.73 Å². The first-order valence-electron chi connectivity index (χ1n) is 10.5. The van der Waals surface area contributed by atoms with Gasteiger partial charge in [-0.3, -0.25) is 4.79 Å². The maximum atomic E-state index is 12.8. The van der Waals surface area contributed by atoms with Crippen molar-refractivity contribution < 1.29 is 41.0 Å². The second kappa shape index (κ2) is 9.07. The van der Waals surface area contributed by atoms with Gasteiger partial charge in [0.2, 0.25) is 11.9 Å². The smallest absolute Gasteiger partial charge is 0.429 e. The van der Waals surface area contributed by atoms with Gasteiger partial charge in [-0.15, -0.1) is 5.10 Å². The van der Waals surface area contributed by atoms with Crippen LogP contribution in [0.2, 0.25) is 0 Å². The summed E-state index contributed by atoms with van der Waals surface area (Å²) in [5, 5.41) is 20.2. The van der Waals surface area contributed by atoms with Crippen LogP contribution in [-0.2, 0) is 4.79 Å². The van der Waals surface area contributed by atoms with Gasteiger partial charge in [-0.05, 0) is 43.5 Å². The monoisotopic (exact) mass is 519 g/mol. The second-order valence-corrected chi connectivity index (χ2v) is 8.30. The number of aliphatic hydroxyl groups is 1. The Labute approximate surface area is 198 Å². The zero-order valence-corrected chi connectivity index (χ0v) is 18.2. The Hall–Kier alpha value is -3.69. The van der Waals surface area contributed by atoms with Crippen molar-refractivity contribution in [3.63, 3.8) is 0 Å². The van der Waals surface area contributed by atoms with E-state index in [1.807, 2.05) is 0 Å². The minimum Gasteiger partial charge on any atom is -0.490 e. The fourth-order valence-corrected chi connectivity index (χ4v) is 3.72. The standard InChI is InChI=1S/C20H19F6N7O3/c21-19(22,23)18(35,20(24,25)26)9-36-13-5-3-12(4-6-13)33-16-14(31-32-33)8-28-17(30-16)29-11-2-1-10(7-11)15(27)34/h3-6,8,10-11,35H,1-2,7,9H2,(H2,27,34)(H,28,29,30). The van der Waals surface area contributed by atoms with Crippen LogP contribution in [0, 0.1) is 5.92 Å². The number of rotatable bonds is 7. The quantitative estimate of drug-likeness (QED) is 0.405. The van der Waals surface area contributed by atoms with Gasteiger partial charge >= 0.3 is 12.4 Å². The number of halogens is 6. The highest BCUT2D eigenvalue weighted by atomic mass is 19.4. The maximum absolute atomic E-state index is 12.8. The summed E-state index contributed by atoms with van der Waals surface area (Å²) in [7, 11) is 0. The number of ether oxygens (including phenoxy) is 1. The third-order valence-corrected chi connectivity index (χ3v) is 5.83. The lowest BCUT2D eigenvalue weighted by atomic mass is 10.0. The minimum absolute atomic E-state index is 0.0623. The molecule has 3 aromatic rings. The minimum atomic E-state index is -5.99. The first-order valence-corrected chi connectivity index (χ1v) is 10.5. The van der Waals surface area contributed by atoms with E-state index in [1.54, 1.807) is 0 Å². The molecule has 4 N–H and O–H groups in total. The number of hydrogen-bond acceptors (Lipinski definition) is 8. The van der Waals surface area contributed by atoms with Crippen molar-refractivity contribution in [2.45, 2.75) is 43.3 Å². The van der Waals surface area contributed by atoms with Gasteiger partial charge in [0.25, 0.3) is 5.60 Å². The summed E-state index contributed by atoms with van der Waals surface area (Å²) < 4.78 is 82.7. The number of nitrogens with two attached hydrogens (primary N) is 1. The van der Waals surface area contributed by atoms with E-state index in [1.165, 1.54) is 23.0 Å². The van der Waals surface area contributed by atoms with E-state index in [0.717, 1.165) is 12.1 Å². The number of carbonyl (C=O) groups is 1. The molecule has 0 aliphatic heterocycles. The van der Waals surface area contributed by atoms with Crippen molar-refractivity contribution in [1.82, 2.24) is 25.0 Å². The highest BCUT2D eigenvalue weighted by molar-refractivity contribution is 5.77. The number of aromatic nitrogens is 5. The normalized spacial score (nSPS) is 19.0. The Bertz CT molecular complexity index is 1230. The first kappa shape index (κ1) is 25.4. The molecule has 1 aliphatic rings. The third-order valence-electron chi connectivity index (χ3n) is 5.83. The van der Waals surface area contributed by atoms with Crippen LogP contribution in [-0.4, -0.2) is 66.6 Å². The molecule has 10 nitrogen and oxygen atoms in total. The number of alkyl halides is 6. The molecule has 2 atom stereocenters. The molecule has 2 unspecified atom stereocenters. The molecule has 1 aromatic carbocycles. The Morgan fingerprint density at radius 2 is 1.81 bits per heavy atom. The Morgan fingerprint density at radius 1 is 1.14 bits per heavy atom. The summed E-state index contributed by atoms with van der Waals surface area (Å²) in [6.07, 6.45) is -8.68. The van der Waals surface area contributed by atoms with Gasteiger partial charge in [0.05, 0.1) is 11.9 Å². The van der Waals surface area contributed by atoms with Crippen molar-refractivity contribution in [2.75, 3.05) is 11.9 Å². The lowest BCUT2D eigenvalue weighted by Crippen LogP contribution is -2.60. The van der Waals surface area contributed by atoms with Crippen LogP contribution in [0.3, 0.4) is 0 Å². The highest BCUT2D eigenvalue weighted by Crippen LogP contribution is 2.43. The van der Waals surface area contributed by atoms with Crippen molar-refractivity contribution in [3.05, 3.63) is 30.5 Å². The number of hydrogen-bond donors (Lipinski definition) is 3. The maximum Gasteiger partial charge on any atom is 0.429 e. The Morgan fingerprint density at radius 3 is 2.39 bits per heavy atom. The first-order chi connectivity index (χ1) is 16.8. The molecule has 194 valence electrons. The van der Waals surface area contributed by atoms with Crippen LogP contribution in [0.5, 0.6) is 5.75 Å². The van der Waals surface area contributed by atoms with Crippen molar-refractivity contribution >= 4 is 23.0 Å². The van der Waals surface area contributed by atoms with Gasteiger partial charge in [0.1, 0.15) is 12.4 Å². The van der Waals surface area contributed by atoms with E-state index >= 15 is 0 Å². The summed E-state index contributed by atoms with van der Waals surface area (Å²) in [5.41, 5.74) is 1.24. The molecular formula is C20H19F6N7O3. The summed E-state index contributed by atoms with van der Waals surface area (Å²) >= 11 is 0. The lowest BCUT2D eigenvalue weighted by Gasteiger charge is -2.31. The van der Waals surface area contributed by atoms with Crippen LogP contribution in [0.15, 0.2) is 30.5 Å². The van der Waals surface area contributed by atoms with E-state index < -0.39 is 24.6 Å². The van der Waals surface area contributed by atoms with E-state index in [9.17, 15) is 36.2 Å². The predicted octanol–water partition coefficient (Wildman–Crippen LogP) is 2.51. The number of carbonyl (C=O) groups excluding carboxylic acids is 1. The average Bonchev–Trinajstić information content (AvgIpc) is 3.43. The molecule has 36 heavy (non-hydrogen) atoms. The number of anilines is 1. The average molecular weight is 519 g/mol. The molecule has 16 heteroatoms. The molecule has 1 amide bonds. The van der Waals surface area contributed by atoms with Gasteiger partial charge in [0.15, 0.2) is 11.2 Å². The summed E-state index contributed by atoms with van der Waals surface area (Å²) in [5.74, 6) is -0.702. The fourth-order valence-electron chi connectivity index (χ4n) is 3.72. The molecule has 4 rings (SSSR count). The lowest BCUT2D eigenvalue weighted by molar-refractivity contribution is -0.373. The molecule has 0 saturated heterocycles. The van der Waals surface area contributed by atoms with Crippen LogP contribution in [0.1, 0.15) is 19.3 Å². The van der Waals surface area contributed by atoms with Crippen LogP contribution >= 0.6 is 0 Å². The van der Waals surface area contributed by atoms with Crippen molar-refractivity contribution in [1.29, 1.82) is 0 Å². The molecule has 0 bridgehead atoms. The molecule has 1 saturated carbocycles. The molecule has 1 fully saturated rings. The van der Waals surface area contributed by atoms with Crippen LogP contribution < -0.4 is 15.8 Å². The number of nitrogens with one attached hydrogen (secondary N) is 1. The van der Waals surface area contributed by atoms with Gasteiger partial charge in [-0.25, -0.2) is 4.98 Å². The SMILES string of the molecule is NC(=O)C1CCC(Nc2ncc3nnn(-c4ccc(OCC(O)(C(F)(F)F)C(F)(F)F)cc4)c3n2)C1. The van der Waals surface area contributed by atoms with Gasteiger partial charge < -0.3 is 20.9 Å². The van der Waals surface area contributed by atoms with Crippen LogP contribution in [0.25, 0.3) is 16.9 Å². The summed E-state index contributed by atoms with van der Waals surface area (Å²) in [4.78, 5) is 19.9. The molecule has 0 radical (unpaired) electrons. The van der Waals surface area contributed by atoms with E-state index in [0.29, 0.717) is 30.5 Å². The highest BCUT2D eigenvalue weighted by Gasteiger charge is 2.71. The molecule has 0 spiro atoms. The summed E-state index contributed by atoms with van der Waals surface area (Å²) in [6, 6.07) is 4.78. The molecule has 1 aliphatic carbocycles. The Balaban J connectivity index is 1.49. The number of fused-ring (bicyclic) bond motifs is 1. The third kappa shape index (κ3) is 4.84. The predicted molar refractivity (Wildman–Crippen MR) is 111 cm³/mol. The molecule has 2 aromatic heterocycles. The van der Waals surface area contributed by atoms with Gasteiger partial charge in [0, 0.05) is 12.0 Å². The molecule has 2 heterocycles. The molecular weight excluding hydrogens is 500 g/mol. The van der Waals surface area contributed by atoms with E-state index in [2.05, 4.69) is 30.3 Å². The number of primary amides is 1. The zero-order chi connectivity index (χ0) is 26.3. The van der Waals surface area contributed by atoms with Crippen molar-refractivity contribution in [2.24, 2.45) is 11.7 Å². The summed E-state index contributed by atoms with van der Waals surface area (Å²) in [6.45, 7) is -2.08. The number of benzene rings is 1. The van der Waals surface area contributed by atoms with E-state index in [-0.39, 0.29) is 35.2 Å². The number of nitrogens with zero attached hydrogens (tertiary/aromatic N) is 5. The zero-order valence-electron chi connectivity index (χ0n) is 18.2. The number of amides is 1. The topological polar surface area (TPSA) is 141 Å². The largest absolute Gasteiger partial charge is 0.490 e.